The van der Waals surface area contributed by atoms with Crippen LogP contribution in [-0.2, 0) is 13.5 Å². The zero-order valence-electron chi connectivity index (χ0n) is 13.6. The van der Waals surface area contributed by atoms with E-state index >= 15 is 0 Å². The zero-order valence-corrected chi connectivity index (χ0v) is 13.6. The van der Waals surface area contributed by atoms with Gasteiger partial charge in [0.15, 0.2) is 5.82 Å². The van der Waals surface area contributed by atoms with Gasteiger partial charge in [-0.25, -0.2) is 15.0 Å². The fourth-order valence-electron chi connectivity index (χ4n) is 3.15. The summed E-state index contributed by atoms with van der Waals surface area (Å²) < 4.78 is 1.94. The van der Waals surface area contributed by atoms with Crippen LogP contribution in [0.3, 0.4) is 0 Å². The maximum absolute atomic E-state index is 4.57. The van der Waals surface area contributed by atoms with E-state index in [0.717, 1.165) is 49.0 Å². The molecular formula is C17H19N7. The summed E-state index contributed by atoms with van der Waals surface area (Å²) in [5.74, 6) is 2.36. The number of rotatable bonds is 4. The maximum Gasteiger partial charge on any atom is 0.159 e. The molecule has 7 nitrogen and oxygen atoms in total. The molecular weight excluding hydrogens is 302 g/mol. The third kappa shape index (κ3) is 2.97. The molecule has 4 rings (SSSR count). The fourth-order valence-corrected chi connectivity index (χ4v) is 3.15. The first-order valence-corrected chi connectivity index (χ1v) is 8.09. The lowest BCUT2D eigenvalue weighted by atomic mass is 10.0. The first-order valence-electron chi connectivity index (χ1n) is 8.09. The number of aryl methyl sites for hydroxylation is 1. The first kappa shape index (κ1) is 14.7. The molecule has 1 atom stereocenters. The lowest BCUT2D eigenvalue weighted by Crippen LogP contribution is -2.21. The minimum atomic E-state index is 0.570. The van der Waals surface area contributed by atoms with Crippen molar-refractivity contribution in [3.63, 3.8) is 0 Å². The molecule has 0 amide bonds. The predicted octanol–water partition coefficient (Wildman–Crippen LogP) is 1.74. The van der Waals surface area contributed by atoms with Crippen LogP contribution in [0.4, 0.5) is 5.82 Å². The molecule has 1 aliphatic heterocycles. The van der Waals surface area contributed by atoms with Gasteiger partial charge in [-0.1, -0.05) is 0 Å². The molecule has 4 heterocycles. The normalized spacial score (nSPS) is 17.4. The predicted molar refractivity (Wildman–Crippen MR) is 90.3 cm³/mol. The quantitative estimate of drug-likeness (QED) is 0.729. The van der Waals surface area contributed by atoms with E-state index in [2.05, 4.69) is 29.8 Å². The molecule has 24 heavy (non-hydrogen) atoms. The van der Waals surface area contributed by atoms with E-state index in [4.69, 9.17) is 0 Å². The second-order valence-electron chi connectivity index (χ2n) is 6.12. The Bertz CT molecular complexity index is 797. The SMILES string of the molecule is Cn1ccnc1-c1cnc(C[C@H]2CCN(c3cnccn3)C2)cn1. The Morgan fingerprint density at radius 1 is 1.04 bits per heavy atom. The van der Waals surface area contributed by atoms with E-state index in [-0.39, 0.29) is 0 Å². The molecule has 0 radical (unpaired) electrons. The van der Waals surface area contributed by atoms with E-state index in [1.54, 1.807) is 18.6 Å². The maximum atomic E-state index is 4.57. The Morgan fingerprint density at radius 2 is 2.00 bits per heavy atom. The van der Waals surface area contributed by atoms with Crippen LogP contribution >= 0.6 is 0 Å². The second kappa shape index (κ2) is 6.35. The van der Waals surface area contributed by atoms with Crippen LogP contribution in [0.1, 0.15) is 12.1 Å². The van der Waals surface area contributed by atoms with Crippen molar-refractivity contribution in [1.82, 2.24) is 29.5 Å². The van der Waals surface area contributed by atoms with Crippen molar-refractivity contribution >= 4 is 5.82 Å². The first-order chi connectivity index (χ1) is 11.8. The number of aromatic nitrogens is 6. The molecule has 0 N–H and O–H groups in total. The van der Waals surface area contributed by atoms with Crippen LogP contribution in [0.15, 0.2) is 43.4 Å². The van der Waals surface area contributed by atoms with Gasteiger partial charge in [0.1, 0.15) is 11.5 Å². The molecule has 3 aromatic rings. The van der Waals surface area contributed by atoms with Crippen molar-refractivity contribution in [2.75, 3.05) is 18.0 Å². The summed E-state index contributed by atoms with van der Waals surface area (Å²) in [4.78, 5) is 24.2. The van der Waals surface area contributed by atoms with E-state index in [1.807, 2.05) is 36.4 Å². The molecule has 0 aliphatic carbocycles. The molecule has 7 heteroatoms. The number of nitrogens with zero attached hydrogens (tertiary/aromatic N) is 7. The topological polar surface area (TPSA) is 72.6 Å². The summed E-state index contributed by atoms with van der Waals surface area (Å²) in [7, 11) is 1.96. The summed E-state index contributed by atoms with van der Waals surface area (Å²) in [6.45, 7) is 2.00. The van der Waals surface area contributed by atoms with Gasteiger partial charge >= 0.3 is 0 Å². The number of imidazole rings is 1. The number of hydrogen-bond donors (Lipinski definition) is 0. The summed E-state index contributed by atoms with van der Waals surface area (Å²) in [5, 5.41) is 0. The molecule has 0 spiro atoms. The minimum absolute atomic E-state index is 0.570. The summed E-state index contributed by atoms with van der Waals surface area (Å²) in [6, 6.07) is 0. The average molecular weight is 321 g/mol. The highest BCUT2D eigenvalue weighted by Crippen LogP contribution is 2.24. The van der Waals surface area contributed by atoms with E-state index in [9.17, 15) is 0 Å². The molecule has 0 unspecified atom stereocenters. The van der Waals surface area contributed by atoms with E-state index in [0.29, 0.717) is 5.92 Å². The van der Waals surface area contributed by atoms with Gasteiger partial charge in [-0.05, 0) is 18.8 Å². The van der Waals surface area contributed by atoms with Gasteiger partial charge in [-0.3, -0.25) is 9.97 Å². The smallest absolute Gasteiger partial charge is 0.159 e. The zero-order chi connectivity index (χ0) is 16.4. The van der Waals surface area contributed by atoms with Crippen LogP contribution in [0, 0.1) is 5.92 Å². The van der Waals surface area contributed by atoms with Gasteiger partial charge < -0.3 is 9.47 Å². The van der Waals surface area contributed by atoms with Crippen molar-refractivity contribution in [3.05, 3.63) is 49.1 Å². The van der Waals surface area contributed by atoms with Gasteiger partial charge in [0.2, 0.25) is 0 Å². The van der Waals surface area contributed by atoms with Crippen molar-refractivity contribution in [2.45, 2.75) is 12.8 Å². The molecule has 0 bridgehead atoms. The minimum Gasteiger partial charge on any atom is -0.355 e. The van der Waals surface area contributed by atoms with Gasteiger partial charge in [0.25, 0.3) is 0 Å². The highest BCUT2D eigenvalue weighted by molar-refractivity contribution is 5.47. The Morgan fingerprint density at radius 3 is 2.71 bits per heavy atom. The third-order valence-electron chi connectivity index (χ3n) is 4.41. The molecule has 1 fully saturated rings. The van der Waals surface area contributed by atoms with Crippen LogP contribution in [0.25, 0.3) is 11.5 Å². The van der Waals surface area contributed by atoms with Crippen LogP contribution in [0.5, 0.6) is 0 Å². The lowest BCUT2D eigenvalue weighted by Gasteiger charge is -2.16. The van der Waals surface area contributed by atoms with Crippen LogP contribution in [0.2, 0.25) is 0 Å². The summed E-state index contributed by atoms with van der Waals surface area (Å²) in [6.07, 6.45) is 14.7. The standard InChI is InChI=1S/C17H19N7/c1-23-7-5-20-17(23)15-10-21-14(9-22-15)8-13-2-6-24(12-13)16-11-18-3-4-19-16/h3-5,7,9-11,13H,2,6,8,12H2,1H3/t13-/m1/s1. The fraction of sp³-hybridized carbons (Fsp3) is 0.353. The molecule has 0 saturated carbocycles. The van der Waals surface area contributed by atoms with Crippen molar-refractivity contribution < 1.29 is 0 Å². The Kier molecular flexibility index (Phi) is 3.90. The summed E-state index contributed by atoms with van der Waals surface area (Å²) >= 11 is 0. The third-order valence-corrected chi connectivity index (χ3v) is 4.41. The largest absolute Gasteiger partial charge is 0.355 e. The van der Waals surface area contributed by atoms with Crippen LogP contribution in [-0.4, -0.2) is 42.6 Å². The number of anilines is 1. The lowest BCUT2D eigenvalue weighted by molar-refractivity contribution is 0.576. The summed E-state index contributed by atoms with van der Waals surface area (Å²) in [5.41, 5.74) is 1.83. The van der Waals surface area contributed by atoms with Crippen molar-refractivity contribution in [1.29, 1.82) is 0 Å². The Hall–Kier alpha value is -2.83. The molecule has 1 aliphatic rings. The highest BCUT2D eigenvalue weighted by atomic mass is 15.2. The van der Waals surface area contributed by atoms with E-state index < -0.39 is 0 Å². The molecule has 3 aromatic heterocycles. The highest BCUT2D eigenvalue weighted by Gasteiger charge is 2.24. The number of hydrogen-bond acceptors (Lipinski definition) is 6. The molecule has 0 aromatic carbocycles. The van der Waals surface area contributed by atoms with Gasteiger partial charge in [-0.15, -0.1) is 0 Å². The van der Waals surface area contributed by atoms with Gasteiger partial charge in [0.05, 0.1) is 18.1 Å². The van der Waals surface area contributed by atoms with Gasteiger partial charge in [0, 0.05) is 51.1 Å². The van der Waals surface area contributed by atoms with E-state index in [1.165, 1.54) is 0 Å². The Labute approximate surface area is 140 Å². The Balaban J connectivity index is 1.40. The molecule has 122 valence electrons. The monoisotopic (exact) mass is 321 g/mol. The van der Waals surface area contributed by atoms with Crippen LogP contribution < -0.4 is 4.90 Å². The molecule has 1 saturated heterocycles. The second-order valence-corrected chi connectivity index (χ2v) is 6.12. The van der Waals surface area contributed by atoms with Crippen molar-refractivity contribution in [2.24, 2.45) is 13.0 Å². The average Bonchev–Trinajstić information content (AvgIpc) is 3.26. The van der Waals surface area contributed by atoms with Gasteiger partial charge in [-0.2, -0.15) is 0 Å². The van der Waals surface area contributed by atoms with Crippen molar-refractivity contribution in [3.8, 4) is 11.5 Å².